The first-order valence-corrected chi connectivity index (χ1v) is 11.0. The first-order chi connectivity index (χ1) is 13.6. The van der Waals surface area contributed by atoms with Crippen molar-refractivity contribution in [1.29, 1.82) is 0 Å². The molecule has 1 aromatic heterocycles. The van der Waals surface area contributed by atoms with Crippen molar-refractivity contribution >= 4 is 41.3 Å². The van der Waals surface area contributed by atoms with Gasteiger partial charge in [0.2, 0.25) is 0 Å². The third-order valence-corrected chi connectivity index (χ3v) is 6.12. The lowest BCUT2D eigenvalue weighted by Crippen LogP contribution is -2.49. The summed E-state index contributed by atoms with van der Waals surface area (Å²) in [5.74, 6) is 1.29. The van der Waals surface area contributed by atoms with Crippen LogP contribution in [0.15, 0.2) is 46.8 Å². The van der Waals surface area contributed by atoms with Crippen molar-refractivity contribution in [2.24, 2.45) is 10.9 Å². The Labute approximate surface area is 195 Å². The maximum Gasteiger partial charge on any atom is 0.191 e. The van der Waals surface area contributed by atoms with Gasteiger partial charge in [0, 0.05) is 44.1 Å². The van der Waals surface area contributed by atoms with E-state index in [1.165, 1.54) is 10.4 Å². The topological polar surface area (TPSA) is 39.7 Å². The Balaban J connectivity index is 0.00000300. The Hall–Kier alpha value is -1.19. The molecule has 1 saturated heterocycles. The van der Waals surface area contributed by atoms with Crippen molar-refractivity contribution in [2.45, 2.75) is 38.8 Å². The molecule has 0 aliphatic carbocycles. The smallest absolute Gasteiger partial charge is 0.191 e. The predicted octanol–water partition coefficient (Wildman–Crippen LogP) is 4.51. The van der Waals surface area contributed by atoms with E-state index in [0.29, 0.717) is 12.0 Å². The first-order valence-electron chi connectivity index (χ1n) is 10.1. The minimum Gasteiger partial charge on any atom is -0.356 e. The molecular weight excluding hydrogens is 498 g/mol. The van der Waals surface area contributed by atoms with E-state index in [2.05, 4.69) is 45.0 Å². The van der Waals surface area contributed by atoms with Crippen molar-refractivity contribution in [3.05, 3.63) is 58.0 Å². The second-order valence-corrected chi connectivity index (χ2v) is 8.70. The highest BCUT2D eigenvalue weighted by Crippen LogP contribution is 2.15. The molecule has 2 N–H and O–H groups in total. The second-order valence-electron chi connectivity index (χ2n) is 7.66. The van der Waals surface area contributed by atoms with Crippen molar-refractivity contribution in [3.63, 3.8) is 0 Å². The standard InChI is InChI=1S/C22H31FN4S.HI/c1-17(14-21-4-3-13-28-21)15-25-22(24-2)26-20-9-11-27(12-10-20)16-18-5-7-19(23)8-6-18;/h3-8,13,17,20H,9-12,14-16H2,1-2H3,(H2,24,25,26);1H. The van der Waals surface area contributed by atoms with Crippen LogP contribution in [0.4, 0.5) is 4.39 Å². The van der Waals surface area contributed by atoms with Gasteiger partial charge in [-0.1, -0.05) is 25.1 Å². The number of halogens is 2. The molecule has 29 heavy (non-hydrogen) atoms. The van der Waals surface area contributed by atoms with E-state index >= 15 is 0 Å². The lowest BCUT2D eigenvalue weighted by atomic mass is 10.0. The summed E-state index contributed by atoms with van der Waals surface area (Å²) >= 11 is 1.82. The molecule has 1 aliphatic rings. The fraction of sp³-hybridized carbons (Fsp3) is 0.500. The number of thiophene rings is 1. The van der Waals surface area contributed by atoms with Crippen LogP contribution in [0.3, 0.4) is 0 Å². The molecule has 4 nitrogen and oxygen atoms in total. The summed E-state index contributed by atoms with van der Waals surface area (Å²) in [5, 5.41) is 9.19. The molecule has 1 aromatic carbocycles. The molecule has 3 rings (SSSR count). The van der Waals surface area contributed by atoms with Gasteiger partial charge in [-0.2, -0.15) is 0 Å². The van der Waals surface area contributed by atoms with Crippen LogP contribution in [0.5, 0.6) is 0 Å². The molecule has 0 amide bonds. The number of benzene rings is 1. The van der Waals surface area contributed by atoms with E-state index in [4.69, 9.17) is 0 Å². The van der Waals surface area contributed by atoms with Gasteiger partial charge in [0.25, 0.3) is 0 Å². The number of piperidine rings is 1. The number of nitrogens with one attached hydrogen (secondary N) is 2. The molecule has 2 aromatic rings. The highest BCUT2D eigenvalue weighted by atomic mass is 127. The number of guanidine groups is 1. The van der Waals surface area contributed by atoms with Crippen LogP contribution in [0.25, 0.3) is 0 Å². The number of rotatable bonds is 7. The van der Waals surface area contributed by atoms with Gasteiger partial charge in [0.1, 0.15) is 5.82 Å². The first kappa shape index (κ1) is 24.1. The minimum absolute atomic E-state index is 0. The van der Waals surface area contributed by atoms with Gasteiger partial charge in [-0.05, 0) is 54.3 Å². The third-order valence-electron chi connectivity index (χ3n) is 5.22. The summed E-state index contributed by atoms with van der Waals surface area (Å²) in [5.41, 5.74) is 1.17. The lowest BCUT2D eigenvalue weighted by Gasteiger charge is -2.33. The Bertz CT molecular complexity index is 728. The zero-order valence-electron chi connectivity index (χ0n) is 17.2. The molecule has 1 unspecified atom stereocenters. The highest BCUT2D eigenvalue weighted by Gasteiger charge is 2.20. The van der Waals surface area contributed by atoms with Crippen molar-refractivity contribution in [1.82, 2.24) is 15.5 Å². The Kier molecular flexibility index (Phi) is 10.4. The van der Waals surface area contributed by atoms with Gasteiger partial charge in [0.05, 0.1) is 0 Å². The summed E-state index contributed by atoms with van der Waals surface area (Å²) in [6.07, 6.45) is 3.28. The molecule has 1 fully saturated rings. The largest absolute Gasteiger partial charge is 0.356 e. The van der Waals surface area contributed by atoms with E-state index in [1.807, 2.05) is 30.5 Å². The van der Waals surface area contributed by atoms with Crippen LogP contribution >= 0.6 is 35.3 Å². The normalized spacial score (nSPS) is 16.9. The quantitative estimate of drug-likeness (QED) is 0.315. The summed E-state index contributed by atoms with van der Waals surface area (Å²) in [4.78, 5) is 8.27. The fourth-order valence-electron chi connectivity index (χ4n) is 3.59. The number of hydrogen-bond acceptors (Lipinski definition) is 3. The van der Waals surface area contributed by atoms with Gasteiger partial charge >= 0.3 is 0 Å². The Morgan fingerprint density at radius 1 is 1.24 bits per heavy atom. The maximum absolute atomic E-state index is 13.0. The summed E-state index contributed by atoms with van der Waals surface area (Å²) in [6, 6.07) is 11.6. The molecule has 0 saturated carbocycles. The average Bonchev–Trinajstić information content (AvgIpc) is 3.21. The van der Waals surface area contributed by atoms with Gasteiger partial charge in [-0.15, -0.1) is 35.3 Å². The van der Waals surface area contributed by atoms with Gasteiger partial charge in [-0.25, -0.2) is 4.39 Å². The van der Waals surface area contributed by atoms with E-state index in [-0.39, 0.29) is 29.8 Å². The molecule has 1 atom stereocenters. The monoisotopic (exact) mass is 530 g/mol. The van der Waals surface area contributed by atoms with E-state index in [1.54, 1.807) is 12.1 Å². The van der Waals surface area contributed by atoms with Gasteiger partial charge in [0.15, 0.2) is 5.96 Å². The molecule has 2 heterocycles. The molecule has 1 aliphatic heterocycles. The van der Waals surface area contributed by atoms with Crippen LogP contribution < -0.4 is 10.6 Å². The summed E-state index contributed by atoms with van der Waals surface area (Å²) in [7, 11) is 1.84. The number of aliphatic imine (C=N–C) groups is 1. The minimum atomic E-state index is -0.171. The molecule has 0 spiro atoms. The third kappa shape index (κ3) is 8.22. The maximum atomic E-state index is 13.0. The molecular formula is C22H32FIN4S. The summed E-state index contributed by atoms with van der Waals surface area (Å²) in [6.45, 7) is 6.16. The molecule has 0 bridgehead atoms. The van der Waals surface area contributed by atoms with E-state index in [9.17, 15) is 4.39 Å². The van der Waals surface area contributed by atoms with Crippen LogP contribution in [-0.2, 0) is 13.0 Å². The fourth-order valence-corrected chi connectivity index (χ4v) is 4.46. The number of likely N-dealkylation sites (tertiary alicyclic amines) is 1. The number of hydrogen-bond donors (Lipinski definition) is 2. The van der Waals surface area contributed by atoms with Gasteiger partial charge in [-0.3, -0.25) is 9.89 Å². The molecule has 0 radical (unpaired) electrons. The van der Waals surface area contributed by atoms with Crippen molar-refractivity contribution in [2.75, 3.05) is 26.7 Å². The second kappa shape index (κ2) is 12.5. The van der Waals surface area contributed by atoms with Crippen molar-refractivity contribution < 1.29 is 4.39 Å². The zero-order chi connectivity index (χ0) is 19.8. The van der Waals surface area contributed by atoms with Crippen LogP contribution in [0.2, 0.25) is 0 Å². The van der Waals surface area contributed by atoms with Crippen molar-refractivity contribution in [3.8, 4) is 0 Å². The average molecular weight is 530 g/mol. The van der Waals surface area contributed by atoms with E-state index in [0.717, 1.165) is 51.4 Å². The zero-order valence-corrected chi connectivity index (χ0v) is 20.4. The lowest BCUT2D eigenvalue weighted by molar-refractivity contribution is 0.198. The Morgan fingerprint density at radius 2 is 1.97 bits per heavy atom. The summed E-state index contributed by atoms with van der Waals surface area (Å²) < 4.78 is 13.0. The van der Waals surface area contributed by atoms with Crippen LogP contribution in [-0.4, -0.2) is 43.6 Å². The van der Waals surface area contributed by atoms with E-state index < -0.39 is 0 Å². The predicted molar refractivity (Wildman–Crippen MR) is 132 cm³/mol. The molecule has 7 heteroatoms. The van der Waals surface area contributed by atoms with Crippen LogP contribution in [0.1, 0.15) is 30.2 Å². The highest BCUT2D eigenvalue weighted by molar-refractivity contribution is 14.0. The SMILES string of the molecule is CN=C(NCC(C)Cc1cccs1)NC1CCN(Cc2ccc(F)cc2)CC1.I. The van der Waals surface area contributed by atoms with Gasteiger partial charge < -0.3 is 10.6 Å². The van der Waals surface area contributed by atoms with Crippen LogP contribution in [0, 0.1) is 11.7 Å². The number of nitrogens with zero attached hydrogens (tertiary/aromatic N) is 2. The Morgan fingerprint density at radius 3 is 2.59 bits per heavy atom. The molecule has 160 valence electrons.